The van der Waals surface area contributed by atoms with E-state index in [1.165, 1.54) is 17.3 Å². The molecule has 3 rings (SSSR count). The molecule has 0 saturated carbocycles. The summed E-state index contributed by atoms with van der Waals surface area (Å²) in [6.45, 7) is 6.96. The molecule has 0 radical (unpaired) electrons. The highest BCUT2D eigenvalue weighted by Crippen LogP contribution is 2.14. The van der Waals surface area contributed by atoms with Crippen LogP contribution in [0.2, 0.25) is 0 Å². The monoisotopic (exact) mass is 290 g/mol. The maximum Gasteiger partial charge on any atom is 0.258 e. The van der Waals surface area contributed by atoms with Crippen molar-refractivity contribution < 1.29 is 0 Å². The van der Waals surface area contributed by atoms with Gasteiger partial charge in [-0.3, -0.25) is 5.43 Å². The molecule has 3 heterocycles. The molecule has 0 aliphatic carbocycles. The number of nitrogen functional groups attached to an aromatic ring is 1. The Morgan fingerprint density at radius 2 is 1.90 bits per heavy atom. The van der Waals surface area contributed by atoms with Gasteiger partial charge in [0.2, 0.25) is 11.9 Å². The predicted molar refractivity (Wildman–Crippen MR) is 76.9 cm³/mol. The third-order valence-electron chi connectivity index (χ3n) is 3.47. The van der Waals surface area contributed by atoms with Crippen LogP contribution in [0.4, 0.5) is 11.9 Å². The zero-order chi connectivity index (χ0) is 14.7. The number of rotatable bonds is 4. The minimum atomic E-state index is 0.309. The molecule has 0 unspecified atom stereocenters. The van der Waals surface area contributed by atoms with E-state index >= 15 is 0 Å². The van der Waals surface area contributed by atoms with Crippen molar-refractivity contribution in [1.82, 2.24) is 34.6 Å². The Labute approximate surface area is 122 Å². The molecule has 1 saturated heterocycles. The van der Waals surface area contributed by atoms with Crippen LogP contribution in [0.5, 0.6) is 0 Å². The average molecular weight is 290 g/mol. The Balaban J connectivity index is 1.86. The van der Waals surface area contributed by atoms with E-state index in [-0.39, 0.29) is 0 Å². The SMILES string of the molecule is CCN1CCN(c2nc(NN)nc(-n3cncn3)n2)CC1. The van der Waals surface area contributed by atoms with E-state index in [0.717, 1.165) is 32.7 Å². The Morgan fingerprint density at radius 3 is 2.52 bits per heavy atom. The Bertz CT molecular complexity index is 575. The van der Waals surface area contributed by atoms with Crippen LogP contribution in [0, 0.1) is 0 Å². The molecule has 1 aliphatic heterocycles. The zero-order valence-corrected chi connectivity index (χ0v) is 11.8. The molecule has 3 N–H and O–H groups in total. The predicted octanol–water partition coefficient (Wildman–Crippen LogP) is -1.12. The summed E-state index contributed by atoms with van der Waals surface area (Å²) >= 11 is 0. The van der Waals surface area contributed by atoms with Gasteiger partial charge in [-0.1, -0.05) is 6.92 Å². The Morgan fingerprint density at radius 1 is 1.14 bits per heavy atom. The van der Waals surface area contributed by atoms with Crippen LogP contribution in [0.3, 0.4) is 0 Å². The number of hydrogen-bond acceptors (Lipinski definition) is 9. The van der Waals surface area contributed by atoms with E-state index in [0.29, 0.717) is 17.8 Å². The first kappa shape index (κ1) is 13.6. The number of piperazine rings is 1. The quantitative estimate of drug-likeness (QED) is 0.533. The number of hydrazine groups is 1. The largest absolute Gasteiger partial charge is 0.338 e. The second kappa shape index (κ2) is 5.97. The average Bonchev–Trinajstić information content (AvgIpc) is 3.09. The van der Waals surface area contributed by atoms with Gasteiger partial charge in [-0.15, -0.1) is 0 Å². The van der Waals surface area contributed by atoms with Crippen molar-refractivity contribution in [3.05, 3.63) is 12.7 Å². The second-order valence-electron chi connectivity index (χ2n) is 4.66. The molecule has 10 nitrogen and oxygen atoms in total. The first-order valence-electron chi connectivity index (χ1n) is 6.85. The van der Waals surface area contributed by atoms with Crippen LogP contribution < -0.4 is 16.2 Å². The molecule has 2 aromatic heterocycles. The molecule has 2 aromatic rings. The lowest BCUT2D eigenvalue weighted by Crippen LogP contribution is -2.47. The number of nitrogens with zero attached hydrogens (tertiary/aromatic N) is 8. The molecule has 1 aliphatic rings. The summed E-state index contributed by atoms with van der Waals surface area (Å²) in [6.07, 6.45) is 2.97. The number of hydrogen-bond donors (Lipinski definition) is 2. The van der Waals surface area contributed by atoms with Crippen molar-refractivity contribution in [2.45, 2.75) is 6.92 Å². The first-order valence-corrected chi connectivity index (χ1v) is 6.85. The third-order valence-corrected chi connectivity index (χ3v) is 3.47. The van der Waals surface area contributed by atoms with Gasteiger partial charge >= 0.3 is 0 Å². The number of anilines is 2. The van der Waals surface area contributed by atoms with Crippen LogP contribution in [0.25, 0.3) is 5.95 Å². The van der Waals surface area contributed by atoms with Gasteiger partial charge in [0.05, 0.1) is 0 Å². The van der Waals surface area contributed by atoms with Crippen molar-refractivity contribution in [2.24, 2.45) is 5.84 Å². The Hall–Kier alpha value is -2.33. The van der Waals surface area contributed by atoms with E-state index in [2.05, 4.69) is 47.2 Å². The summed E-state index contributed by atoms with van der Waals surface area (Å²) in [5, 5.41) is 4.03. The van der Waals surface area contributed by atoms with Crippen LogP contribution in [-0.2, 0) is 0 Å². The molecule has 0 spiro atoms. The minimum Gasteiger partial charge on any atom is -0.338 e. The van der Waals surface area contributed by atoms with E-state index in [4.69, 9.17) is 5.84 Å². The topological polar surface area (TPSA) is 114 Å². The highest BCUT2D eigenvalue weighted by molar-refractivity contribution is 5.39. The fraction of sp³-hybridized carbons (Fsp3) is 0.545. The molecular formula is C11H18N10. The number of likely N-dealkylation sites (N-methyl/N-ethyl adjacent to an activating group) is 1. The summed E-state index contributed by atoms with van der Waals surface area (Å²) in [5.41, 5.74) is 2.47. The highest BCUT2D eigenvalue weighted by atomic mass is 15.4. The van der Waals surface area contributed by atoms with Crippen molar-refractivity contribution in [1.29, 1.82) is 0 Å². The summed E-state index contributed by atoms with van der Waals surface area (Å²) < 4.78 is 1.48. The number of aromatic nitrogens is 6. The van der Waals surface area contributed by atoms with E-state index < -0.39 is 0 Å². The fourth-order valence-electron chi connectivity index (χ4n) is 2.24. The molecule has 10 heteroatoms. The van der Waals surface area contributed by atoms with Crippen LogP contribution >= 0.6 is 0 Å². The van der Waals surface area contributed by atoms with E-state index in [1.807, 2.05) is 0 Å². The second-order valence-corrected chi connectivity index (χ2v) is 4.66. The minimum absolute atomic E-state index is 0.309. The molecule has 21 heavy (non-hydrogen) atoms. The van der Waals surface area contributed by atoms with Gasteiger partial charge in [-0.05, 0) is 6.54 Å². The van der Waals surface area contributed by atoms with Gasteiger partial charge in [-0.2, -0.15) is 24.7 Å². The van der Waals surface area contributed by atoms with Gasteiger partial charge in [0.25, 0.3) is 5.95 Å². The van der Waals surface area contributed by atoms with Gasteiger partial charge in [0.1, 0.15) is 12.7 Å². The molecule has 112 valence electrons. The standard InChI is InChI=1S/C11H18N10/c1-2-19-3-5-20(6-4-19)10-15-9(18-12)16-11(17-10)21-8-13-7-14-21/h7-8H,2-6,12H2,1H3,(H,15,16,17,18). The normalized spacial score (nSPS) is 16.2. The van der Waals surface area contributed by atoms with Crippen molar-refractivity contribution in [2.75, 3.05) is 43.0 Å². The summed E-state index contributed by atoms with van der Waals surface area (Å²) in [5.74, 6) is 6.74. The number of nitrogens with one attached hydrogen (secondary N) is 1. The van der Waals surface area contributed by atoms with Crippen LogP contribution in [0.1, 0.15) is 6.92 Å². The lowest BCUT2D eigenvalue weighted by Gasteiger charge is -2.34. The molecular weight excluding hydrogens is 272 g/mol. The summed E-state index contributed by atoms with van der Waals surface area (Å²) in [4.78, 5) is 21.4. The van der Waals surface area contributed by atoms with Crippen molar-refractivity contribution >= 4 is 11.9 Å². The lowest BCUT2D eigenvalue weighted by atomic mass is 10.3. The van der Waals surface area contributed by atoms with Gasteiger partial charge in [0.15, 0.2) is 0 Å². The van der Waals surface area contributed by atoms with Crippen LogP contribution in [0.15, 0.2) is 12.7 Å². The third kappa shape index (κ3) is 2.90. The molecule has 0 amide bonds. The summed E-state index contributed by atoms with van der Waals surface area (Å²) in [6, 6.07) is 0. The molecule has 0 atom stereocenters. The maximum atomic E-state index is 5.44. The molecule has 0 bridgehead atoms. The lowest BCUT2D eigenvalue weighted by molar-refractivity contribution is 0.270. The maximum absolute atomic E-state index is 5.44. The van der Waals surface area contributed by atoms with Crippen molar-refractivity contribution in [3.63, 3.8) is 0 Å². The Kier molecular flexibility index (Phi) is 3.88. The molecule has 1 fully saturated rings. The van der Waals surface area contributed by atoms with Crippen LogP contribution in [-0.4, -0.2) is 67.3 Å². The van der Waals surface area contributed by atoms with E-state index in [1.54, 1.807) is 0 Å². The first-order chi connectivity index (χ1) is 10.3. The smallest absolute Gasteiger partial charge is 0.258 e. The summed E-state index contributed by atoms with van der Waals surface area (Å²) in [7, 11) is 0. The zero-order valence-electron chi connectivity index (χ0n) is 11.8. The highest BCUT2D eigenvalue weighted by Gasteiger charge is 2.19. The number of nitrogens with two attached hydrogens (primary N) is 1. The van der Waals surface area contributed by atoms with Gasteiger partial charge < -0.3 is 9.80 Å². The van der Waals surface area contributed by atoms with Gasteiger partial charge in [-0.25, -0.2) is 10.8 Å². The van der Waals surface area contributed by atoms with Gasteiger partial charge in [0, 0.05) is 26.2 Å². The van der Waals surface area contributed by atoms with E-state index in [9.17, 15) is 0 Å². The molecule has 0 aromatic carbocycles. The van der Waals surface area contributed by atoms with Crippen molar-refractivity contribution in [3.8, 4) is 5.95 Å². The fourth-order valence-corrected chi connectivity index (χ4v) is 2.24.